The van der Waals surface area contributed by atoms with Crippen LogP contribution in [-0.2, 0) is 0 Å². The van der Waals surface area contributed by atoms with Crippen LogP contribution in [0.1, 0.15) is 25.8 Å². The summed E-state index contributed by atoms with van der Waals surface area (Å²) >= 11 is 0. The Balaban J connectivity index is 3.10. The predicted molar refractivity (Wildman–Crippen MR) is 65.0 cm³/mol. The molecule has 0 amide bonds. The number of rotatable bonds is 5. The number of nitro groups is 1. The second-order valence-corrected chi connectivity index (χ2v) is 4.33. The Labute approximate surface area is 99.8 Å². The Morgan fingerprint density at radius 1 is 1.65 bits per heavy atom. The highest BCUT2D eigenvalue weighted by Crippen LogP contribution is 2.26. The van der Waals surface area contributed by atoms with E-state index in [9.17, 15) is 15.2 Å². The van der Waals surface area contributed by atoms with Crippen molar-refractivity contribution < 1.29 is 10.0 Å². The van der Waals surface area contributed by atoms with Gasteiger partial charge in [0.1, 0.15) is 0 Å². The van der Waals surface area contributed by atoms with E-state index in [1.807, 2.05) is 6.92 Å². The zero-order valence-electron chi connectivity index (χ0n) is 10.2. The van der Waals surface area contributed by atoms with E-state index >= 15 is 0 Å². The van der Waals surface area contributed by atoms with Gasteiger partial charge in [-0.15, -0.1) is 0 Å². The zero-order valence-corrected chi connectivity index (χ0v) is 10.2. The smallest absolute Gasteiger partial charge is 0.311 e. The first-order chi connectivity index (χ1) is 7.91. The summed E-state index contributed by atoms with van der Waals surface area (Å²) in [7, 11) is 0. The summed E-state index contributed by atoms with van der Waals surface area (Å²) in [6, 6.07) is 1.46. The number of pyridine rings is 1. The summed E-state index contributed by atoms with van der Waals surface area (Å²) in [5.74, 6) is 0.194. The van der Waals surface area contributed by atoms with E-state index < -0.39 is 10.5 Å². The molecule has 0 fully saturated rings. The molecular formula is C11H17N3O3. The minimum atomic E-state index is -0.604. The van der Waals surface area contributed by atoms with Gasteiger partial charge in [0.25, 0.3) is 0 Å². The molecule has 0 bridgehead atoms. The number of aryl methyl sites for hydroxylation is 1. The van der Waals surface area contributed by atoms with Crippen LogP contribution in [0.3, 0.4) is 0 Å². The second-order valence-electron chi connectivity index (χ2n) is 4.33. The van der Waals surface area contributed by atoms with Crippen molar-refractivity contribution in [2.45, 2.75) is 32.7 Å². The van der Waals surface area contributed by atoms with Crippen LogP contribution < -0.4 is 5.32 Å². The molecule has 17 heavy (non-hydrogen) atoms. The molecule has 1 atom stereocenters. The predicted octanol–water partition coefficient (Wildman–Crippen LogP) is 1.87. The summed E-state index contributed by atoms with van der Waals surface area (Å²) in [4.78, 5) is 14.4. The number of aromatic nitrogens is 1. The van der Waals surface area contributed by atoms with Gasteiger partial charge in [0.05, 0.1) is 17.1 Å². The molecule has 0 aliphatic carbocycles. The van der Waals surface area contributed by atoms with Gasteiger partial charge in [-0.05, 0) is 25.8 Å². The first-order valence-electron chi connectivity index (χ1n) is 5.42. The first kappa shape index (κ1) is 13.4. The van der Waals surface area contributed by atoms with E-state index in [0.717, 1.165) is 5.56 Å². The molecule has 1 aromatic heterocycles. The van der Waals surface area contributed by atoms with Crippen LogP contribution in [0.5, 0.6) is 0 Å². The SMILES string of the molecule is CCC(C)(CO)Nc1ncc(C)cc1[N+](=O)[O-]. The third-order valence-electron chi connectivity index (χ3n) is 2.75. The Kier molecular flexibility index (Phi) is 4.01. The quantitative estimate of drug-likeness (QED) is 0.605. The minimum Gasteiger partial charge on any atom is -0.394 e. The lowest BCUT2D eigenvalue weighted by molar-refractivity contribution is -0.384. The Hall–Kier alpha value is -1.69. The van der Waals surface area contributed by atoms with Gasteiger partial charge in [-0.25, -0.2) is 4.98 Å². The van der Waals surface area contributed by atoms with Crippen molar-refractivity contribution in [1.29, 1.82) is 0 Å². The van der Waals surface area contributed by atoms with Gasteiger partial charge in [-0.1, -0.05) is 6.92 Å². The highest BCUT2D eigenvalue weighted by molar-refractivity contribution is 5.57. The Bertz CT molecular complexity index is 416. The van der Waals surface area contributed by atoms with Crippen LogP contribution in [0.25, 0.3) is 0 Å². The lowest BCUT2D eigenvalue weighted by Crippen LogP contribution is -2.38. The van der Waals surface area contributed by atoms with Crippen LogP contribution in [0.4, 0.5) is 11.5 Å². The van der Waals surface area contributed by atoms with Gasteiger partial charge in [0.2, 0.25) is 5.82 Å². The van der Waals surface area contributed by atoms with E-state index in [1.165, 1.54) is 6.07 Å². The van der Waals surface area contributed by atoms with Gasteiger partial charge in [-0.2, -0.15) is 0 Å². The molecule has 1 heterocycles. The maximum atomic E-state index is 10.9. The molecule has 6 nitrogen and oxygen atoms in total. The second kappa shape index (κ2) is 5.09. The molecular weight excluding hydrogens is 222 g/mol. The summed E-state index contributed by atoms with van der Waals surface area (Å²) in [5.41, 5.74) is 0.0510. The molecule has 6 heteroatoms. The molecule has 2 N–H and O–H groups in total. The normalized spacial score (nSPS) is 14.1. The Morgan fingerprint density at radius 2 is 2.29 bits per heavy atom. The van der Waals surface area contributed by atoms with E-state index in [-0.39, 0.29) is 18.1 Å². The molecule has 1 rings (SSSR count). The monoisotopic (exact) mass is 239 g/mol. The standard InChI is InChI=1S/C11H17N3O3/c1-4-11(3,7-15)13-10-9(14(16)17)5-8(2)6-12-10/h5-6,15H,4,7H2,1-3H3,(H,12,13). The van der Waals surface area contributed by atoms with E-state index in [2.05, 4.69) is 10.3 Å². The van der Waals surface area contributed by atoms with Crippen molar-refractivity contribution >= 4 is 11.5 Å². The Morgan fingerprint density at radius 3 is 2.76 bits per heavy atom. The van der Waals surface area contributed by atoms with Gasteiger partial charge < -0.3 is 10.4 Å². The molecule has 0 aromatic carbocycles. The summed E-state index contributed by atoms with van der Waals surface area (Å²) in [6.45, 7) is 5.31. The lowest BCUT2D eigenvalue weighted by Gasteiger charge is -2.27. The third-order valence-corrected chi connectivity index (χ3v) is 2.75. The topological polar surface area (TPSA) is 88.3 Å². The molecule has 1 aromatic rings. The molecule has 0 saturated heterocycles. The maximum absolute atomic E-state index is 10.9. The highest BCUT2D eigenvalue weighted by Gasteiger charge is 2.25. The number of aliphatic hydroxyl groups excluding tert-OH is 1. The fourth-order valence-corrected chi connectivity index (χ4v) is 1.31. The molecule has 0 saturated carbocycles. The van der Waals surface area contributed by atoms with Crippen molar-refractivity contribution in [2.24, 2.45) is 0 Å². The van der Waals surface area contributed by atoms with Crippen LogP contribution in [0.2, 0.25) is 0 Å². The highest BCUT2D eigenvalue weighted by atomic mass is 16.6. The fraction of sp³-hybridized carbons (Fsp3) is 0.545. The van der Waals surface area contributed by atoms with E-state index in [0.29, 0.717) is 6.42 Å². The fourth-order valence-electron chi connectivity index (χ4n) is 1.31. The summed E-state index contributed by atoms with van der Waals surface area (Å²) in [5, 5.41) is 23.1. The van der Waals surface area contributed by atoms with Gasteiger partial charge >= 0.3 is 5.69 Å². The van der Waals surface area contributed by atoms with Crippen molar-refractivity contribution in [1.82, 2.24) is 4.98 Å². The zero-order chi connectivity index (χ0) is 13.1. The summed E-state index contributed by atoms with van der Waals surface area (Å²) in [6.07, 6.45) is 2.19. The van der Waals surface area contributed by atoms with Gasteiger partial charge in [0.15, 0.2) is 0 Å². The largest absolute Gasteiger partial charge is 0.394 e. The lowest BCUT2D eigenvalue weighted by atomic mass is 10.0. The van der Waals surface area contributed by atoms with E-state index in [1.54, 1.807) is 20.0 Å². The molecule has 1 unspecified atom stereocenters. The van der Waals surface area contributed by atoms with Crippen LogP contribution in [0, 0.1) is 17.0 Å². The van der Waals surface area contributed by atoms with Crippen molar-refractivity contribution in [3.63, 3.8) is 0 Å². The molecule has 94 valence electrons. The number of hydrogen-bond acceptors (Lipinski definition) is 5. The summed E-state index contributed by atoms with van der Waals surface area (Å²) < 4.78 is 0. The number of nitrogens with zero attached hydrogens (tertiary/aromatic N) is 2. The van der Waals surface area contributed by atoms with Gasteiger partial charge in [-0.3, -0.25) is 10.1 Å². The number of nitrogens with one attached hydrogen (secondary N) is 1. The maximum Gasteiger partial charge on any atom is 0.311 e. The molecule has 0 aliphatic rings. The van der Waals surface area contributed by atoms with Gasteiger partial charge in [0, 0.05) is 12.3 Å². The average Bonchev–Trinajstić information content (AvgIpc) is 2.31. The van der Waals surface area contributed by atoms with Crippen LogP contribution in [-0.4, -0.2) is 27.2 Å². The van der Waals surface area contributed by atoms with Crippen molar-refractivity contribution in [2.75, 3.05) is 11.9 Å². The van der Waals surface area contributed by atoms with Crippen molar-refractivity contribution in [3.05, 3.63) is 27.9 Å². The van der Waals surface area contributed by atoms with Crippen LogP contribution >= 0.6 is 0 Å². The average molecular weight is 239 g/mol. The number of hydrogen-bond donors (Lipinski definition) is 2. The third kappa shape index (κ3) is 3.13. The van der Waals surface area contributed by atoms with E-state index in [4.69, 9.17) is 0 Å². The first-order valence-corrected chi connectivity index (χ1v) is 5.42. The minimum absolute atomic E-state index is 0.0712. The number of aliphatic hydroxyl groups is 1. The molecule has 0 radical (unpaired) electrons. The van der Waals surface area contributed by atoms with Crippen molar-refractivity contribution in [3.8, 4) is 0 Å². The van der Waals surface area contributed by atoms with Crippen LogP contribution in [0.15, 0.2) is 12.3 Å². The number of anilines is 1. The molecule has 0 spiro atoms. The molecule has 0 aliphatic heterocycles.